The highest BCUT2D eigenvalue weighted by atomic mass is 35.5. The number of rotatable bonds is 3. The summed E-state index contributed by atoms with van der Waals surface area (Å²) in [5.74, 6) is 0. The van der Waals surface area contributed by atoms with E-state index in [9.17, 15) is 8.42 Å². The summed E-state index contributed by atoms with van der Waals surface area (Å²) in [7, 11) is -3.65. The first-order chi connectivity index (χ1) is 8.47. The zero-order valence-electron chi connectivity index (χ0n) is 8.97. The van der Waals surface area contributed by atoms with Crippen molar-refractivity contribution >= 4 is 38.9 Å². The van der Waals surface area contributed by atoms with Crippen molar-refractivity contribution in [1.82, 2.24) is 4.98 Å². The minimum atomic E-state index is -3.65. The fourth-order valence-corrected chi connectivity index (χ4v) is 2.63. The Labute approximate surface area is 115 Å². The van der Waals surface area contributed by atoms with Crippen LogP contribution in [0.5, 0.6) is 0 Å². The van der Waals surface area contributed by atoms with Crippen LogP contribution in [0.4, 0.5) is 5.69 Å². The van der Waals surface area contributed by atoms with E-state index < -0.39 is 10.0 Å². The highest BCUT2D eigenvalue weighted by Crippen LogP contribution is 2.19. The Balaban J connectivity index is 2.30. The van der Waals surface area contributed by atoms with Crippen molar-refractivity contribution in [3.8, 4) is 0 Å². The van der Waals surface area contributed by atoms with E-state index in [4.69, 9.17) is 23.2 Å². The summed E-state index contributed by atoms with van der Waals surface area (Å²) >= 11 is 11.4. The predicted molar refractivity (Wildman–Crippen MR) is 71.5 cm³/mol. The van der Waals surface area contributed by atoms with Gasteiger partial charge in [0.15, 0.2) is 0 Å². The number of sulfonamides is 1. The summed E-state index contributed by atoms with van der Waals surface area (Å²) in [6.07, 6.45) is 2.79. The van der Waals surface area contributed by atoms with Crippen LogP contribution >= 0.6 is 23.2 Å². The number of benzene rings is 1. The number of aromatic nitrogens is 1. The van der Waals surface area contributed by atoms with E-state index in [2.05, 4.69) is 9.71 Å². The van der Waals surface area contributed by atoms with Crippen LogP contribution in [-0.4, -0.2) is 13.4 Å². The fraction of sp³-hybridized carbons (Fsp3) is 0. The molecule has 0 aliphatic heterocycles. The molecule has 4 nitrogen and oxygen atoms in total. The molecule has 1 aromatic heterocycles. The molecule has 0 unspecified atom stereocenters. The van der Waals surface area contributed by atoms with E-state index >= 15 is 0 Å². The zero-order valence-corrected chi connectivity index (χ0v) is 11.3. The molecular formula is C11H8Cl2N2O2S. The lowest BCUT2D eigenvalue weighted by Gasteiger charge is -2.07. The van der Waals surface area contributed by atoms with Crippen molar-refractivity contribution in [3.05, 3.63) is 52.8 Å². The molecule has 1 N–H and O–H groups in total. The van der Waals surface area contributed by atoms with Gasteiger partial charge in [-0.1, -0.05) is 23.2 Å². The Bertz CT molecular complexity index is 657. The average Bonchev–Trinajstić information content (AvgIpc) is 2.29. The monoisotopic (exact) mass is 302 g/mol. The summed E-state index contributed by atoms with van der Waals surface area (Å²) in [4.78, 5) is 3.91. The molecular weight excluding hydrogens is 295 g/mol. The molecule has 0 saturated heterocycles. The molecule has 0 amide bonds. The Morgan fingerprint density at radius 2 is 1.67 bits per heavy atom. The minimum absolute atomic E-state index is 0.117. The zero-order chi connectivity index (χ0) is 13.2. The smallest absolute Gasteiger partial charge is 0.261 e. The van der Waals surface area contributed by atoms with Crippen LogP contribution in [0.3, 0.4) is 0 Å². The molecule has 0 bridgehead atoms. The quantitative estimate of drug-likeness (QED) is 0.947. The second kappa shape index (κ2) is 5.14. The number of anilines is 1. The van der Waals surface area contributed by atoms with Crippen LogP contribution in [0.2, 0.25) is 10.0 Å². The standard InChI is InChI=1S/C11H8Cl2N2O2S/c12-8-1-3-11(4-2-8)18(16,17)15-10-5-9(13)6-14-7-10/h1-7,15H. The molecule has 94 valence electrons. The van der Waals surface area contributed by atoms with Crippen LogP contribution in [0, 0.1) is 0 Å². The summed E-state index contributed by atoms with van der Waals surface area (Å²) < 4.78 is 26.4. The molecule has 0 atom stereocenters. The van der Waals surface area contributed by atoms with Gasteiger partial charge in [-0.15, -0.1) is 0 Å². The predicted octanol–water partition coefficient (Wildman–Crippen LogP) is 3.19. The molecule has 0 fully saturated rings. The number of nitrogens with one attached hydrogen (secondary N) is 1. The third-order valence-electron chi connectivity index (χ3n) is 2.08. The molecule has 0 saturated carbocycles. The second-order valence-electron chi connectivity index (χ2n) is 3.45. The molecule has 0 aliphatic rings. The maximum atomic E-state index is 12.0. The minimum Gasteiger partial charge on any atom is -0.278 e. The molecule has 2 rings (SSSR count). The number of pyridine rings is 1. The van der Waals surface area contributed by atoms with Gasteiger partial charge in [-0.05, 0) is 30.3 Å². The van der Waals surface area contributed by atoms with Gasteiger partial charge in [-0.25, -0.2) is 8.42 Å². The molecule has 2 aromatic rings. The Kier molecular flexibility index (Phi) is 3.75. The van der Waals surface area contributed by atoms with Crippen molar-refractivity contribution < 1.29 is 8.42 Å². The maximum Gasteiger partial charge on any atom is 0.261 e. The summed E-state index contributed by atoms with van der Waals surface area (Å²) in [5, 5.41) is 0.824. The topological polar surface area (TPSA) is 59.1 Å². The van der Waals surface area contributed by atoms with Gasteiger partial charge in [0.2, 0.25) is 0 Å². The first-order valence-corrected chi connectivity index (χ1v) is 7.10. The van der Waals surface area contributed by atoms with Crippen LogP contribution in [0.25, 0.3) is 0 Å². The van der Waals surface area contributed by atoms with Crippen molar-refractivity contribution in [2.24, 2.45) is 0 Å². The molecule has 1 aromatic carbocycles. The normalized spacial score (nSPS) is 11.2. The van der Waals surface area contributed by atoms with Crippen molar-refractivity contribution in [1.29, 1.82) is 0 Å². The van der Waals surface area contributed by atoms with Gasteiger partial charge in [-0.3, -0.25) is 9.71 Å². The molecule has 0 spiro atoms. The Hall–Kier alpha value is -1.30. The van der Waals surface area contributed by atoms with Gasteiger partial charge in [-0.2, -0.15) is 0 Å². The second-order valence-corrected chi connectivity index (χ2v) is 6.01. The summed E-state index contributed by atoms with van der Waals surface area (Å²) in [6.45, 7) is 0. The lowest BCUT2D eigenvalue weighted by molar-refractivity contribution is 0.601. The third kappa shape index (κ3) is 3.13. The average molecular weight is 303 g/mol. The van der Waals surface area contributed by atoms with Gasteiger partial charge in [0.1, 0.15) is 0 Å². The van der Waals surface area contributed by atoms with Gasteiger partial charge < -0.3 is 0 Å². The van der Waals surface area contributed by atoms with Crippen molar-refractivity contribution in [3.63, 3.8) is 0 Å². The fourth-order valence-electron chi connectivity index (χ4n) is 1.30. The molecule has 0 radical (unpaired) electrons. The maximum absolute atomic E-state index is 12.0. The Morgan fingerprint density at radius 1 is 1.00 bits per heavy atom. The highest BCUT2D eigenvalue weighted by Gasteiger charge is 2.14. The van der Waals surface area contributed by atoms with E-state index in [0.717, 1.165) is 0 Å². The highest BCUT2D eigenvalue weighted by molar-refractivity contribution is 7.92. The first-order valence-electron chi connectivity index (χ1n) is 4.86. The lowest BCUT2D eigenvalue weighted by Crippen LogP contribution is -2.12. The van der Waals surface area contributed by atoms with Crippen LogP contribution in [-0.2, 0) is 10.0 Å². The SMILES string of the molecule is O=S(=O)(Nc1cncc(Cl)c1)c1ccc(Cl)cc1. The summed E-state index contributed by atoms with van der Waals surface area (Å²) in [6, 6.07) is 7.33. The van der Waals surface area contributed by atoms with Gasteiger partial charge >= 0.3 is 0 Å². The molecule has 1 heterocycles. The third-order valence-corrected chi connectivity index (χ3v) is 3.94. The molecule has 7 heteroatoms. The van der Waals surface area contributed by atoms with Crippen molar-refractivity contribution in [2.75, 3.05) is 4.72 Å². The number of hydrogen-bond donors (Lipinski definition) is 1. The lowest BCUT2D eigenvalue weighted by atomic mass is 10.4. The Morgan fingerprint density at radius 3 is 2.28 bits per heavy atom. The first kappa shape index (κ1) is 13.1. The van der Waals surface area contributed by atoms with Crippen LogP contribution in [0.15, 0.2) is 47.6 Å². The van der Waals surface area contributed by atoms with E-state index in [-0.39, 0.29) is 4.90 Å². The number of nitrogens with zero attached hydrogens (tertiary/aromatic N) is 1. The van der Waals surface area contributed by atoms with Crippen LogP contribution < -0.4 is 4.72 Å². The van der Waals surface area contributed by atoms with E-state index in [1.807, 2.05) is 0 Å². The number of hydrogen-bond acceptors (Lipinski definition) is 3. The molecule has 18 heavy (non-hydrogen) atoms. The molecule has 0 aliphatic carbocycles. The van der Waals surface area contributed by atoms with Gasteiger partial charge in [0.25, 0.3) is 10.0 Å². The number of halogens is 2. The van der Waals surface area contributed by atoms with Crippen LogP contribution in [0.1, 0.15) is 0 Å². The largest absolute Gasteiger partial charge is 0.278 e. The van der Waals surface area contributed by atoms with E-state index in [1.54, 1.807) is 0 Å². The summed E-state index contributed by atoms with van der Waals surface area (Å²) in [5.41, 5.74) is 0.303. The van der Waals surface area contributed by atoms with Gasteiger partial charge in [0.05, 0.1) is 21.8 Å². The van der Waals surface area contributed by atoms with Crippen molar-refractivity contribution in [2.45, 2.75) is 4.90 Å². The van der Waals surface area contributed by atoms with E-state index in [0.29, 0.717) is 15.7 Å². The van der Waals surface area contributed by atoms with E-state index in [1.165, 1.54) is 42.7 Å². The van der Waals surface area contributed by atoms with Gasteiger partial charge in [0, 0.05) is 11.2 Å².